The molecule has 1 atom stereocenters. The van der Waals surface area contributed by atoms with Crippen LogP contribution in [0.2, 0.25) is 0 Å². The summed E-state index contributed by atoms with van der Waals surface area (Å²) in [5.74, 6) is 1.46. The van der Waals surface area contributed by atoms with Gasteiger partial charge in [0.25, 0.3) is 5.91 Å². The van der Waals surface area contributed by atoms with Crippen LogP contribution in [0, 0.1) is 6.92 Å². The van der Waals surface area contributed by atoms with Crippen LogP contribution in [-0.2, 0) is 11.3 Å². The van der Waals surface area contributed by atoms with Crippen LogP contribution in [0.1, 0.15) is 28.1 Å². The summed E-state index contributed by atoms with van der Waals surface area (Å²) >= 11 is 1.94. The zero-order valence-electron chi connectivity index (χ0n) is 15.8. The lowest BCUT2D eigenvalue weighted by Gasteiger charge is -2.47. The third-order valence-electron chi connectivity index (χ3n) is 5.69. The minimum Gasteiger partial charge on any atom is -0.451 e. The Kier molecular flexibility index (Phi) is 4.40. The van der Waals surface area contributed by atoms with Gasteiger partial charge >= 0.3 is 0 Å². The maximum atomic E-state index is 12.9. The largest absolute Gasteiger partial charge is 0.451 e. The molecule has 0 N–H and O–H groups in total. The molecule has 1 unspecified atom stereocenters. The number of carbonyl (C=O) groups is 1. The summed E-state index contributed by atoms with van der Waals surface area (Å²) in [5, 5.41) is 1.01. The van der Waals surface area contributed by atoms with Gasteiger partial charge in [-0.3, -0.25) is 9.78 Å². The highest BCUT2D eigenvalue weighted by molar-refractivity contribution is 8.01. The smallest absolute Gasteiger partial charge is 0.289 e. The molecular weight excluding hydrogens is 372 g/mol. The first-order chi connectivity index (χ1) is 13.6. The second kappa shape index (κ2) is 6.94. The van der Waals surface area contributed by atoms with Gasteiger partial charge in [0.05, 0.1) is 17.5 Å². The molecule has 5 rings (SSSR count). The molecule has 1 aromatic carbocycles. The van der Waals surface area contributed by atoms with Gasteiger partial charge in [0.15, 0.2) is 5.76 Å². The van der Waals surface area contributed by atoms with E-state index in [4.69, 9.17) is 9.15 Å². The van der Waals surface area contributed by atoms with Crippen molar-refractivity contribution in [3.8, 4) is 0 Å². The fourth-order valence-corrected chi connectivity index (χ4v) is 5.69. The third kappa shape index (κ3) is 3.10. The lowest BCUT2D eigenvalue weighted by Crippen LogP contribution is -2.60. The maximum Gasteiger partial charge on any atom is 0.289 e. The van der Waals surface area contributed by atoms with Crippen LogP contribution in [0.4, 0.5) is 0 Å². The van der Waals surface area contributed by atoms with E-state index in [2.05, 4.69) is 4.98 Å². The van der Waals surface area contributed by atoms with E-state index in [1.165, 1.54) is 0 Å². The van der Waals surface area contributed by atoms with Crippen molar-refractivity contribution in [2.24, 2.45) is 0 Å². The maximum absolute atomic E-state index is 12.9. The van der Waals surface area contributed by atoms with E-state index in [1.54, 1.807) is 12.4 Å². The Morgan fingerprint density at radius 3 is 2.86 bits per heavy atom. The predicted octanol–water partition coefficient (Wildman–Crippen LogP) is 4.05. The van der Waals surface area contributed by atoms with Crippen molar-refractivity contribution in [2.45, 2.75) is 30.8 Å². The van der Waals surface area contributed by atoms with Gasteiger partial charge in [-0.05, 0) is 37.1 Å². The van der Waals surface area contributed by atoms with Crippen molar-refractivity contribution in [2.75, 3.05) is 18.8 Å². The molecule has 4 heterocycles. The number of furan rings is 1. The summed E-state index contributed by atoms with van der Waals surface area (Å²) in [6, 6.07) is 11.8. The van der Waals surface area contributed by atoms with Crippen LogP contribution in [0.15, 0.2) is 53.2 Å². The number of pyridine rings is 1. The number of aryl methyl sites for hydroxylation is 1. The molecule has 1 amide bonds. The number of amides is 1. The molecule has 0 saturated carbocycles. The normalized spacial score (nSPS) is 20.6. The predicted molar refractivity (Wildman–Crippen MR) is 109 cm³/mol. The highest BCUT2D eigenvalue weighted by Crippen LogP contribution is 2.46. The number of para-hydroxylation sites is 1. The number of carbonyl (C=O) groups excluding carboxylic acids is 1. The minimum absolute atomic E-state index is 0.000999. The SMILES string of the molecule is Cc1c(C(=O)N2CC3(CC(OCc4ccncc4)CS3)C2)oc2ccccc12. The van der Waals surface area contributed by atoms with E-state index >= 15 is 0 Å². The minimum atomic E-state index is 0.000999. The molecule has 144 valence electrons. The van der Waals surface area contributed by atoms with Gasteiger partial charge in [-0.2, -0.15) is 0 Å². The Morgan fingerprint density at radius 1 is 1.29 bits per heavy atom. The first-order valence-electron chi connectivity index (χ1n) is 9.55. The molecule has 28 heavy (non-hydrogen) atoms. The van der Waals surface area contributed by atoms with Crippen LogP contribution in [-0.4, -0.2) is 45.5 Å². The van der Waals surface area contributed by atoms with Crippen molar-refractivity contribution in [3.05, 3.63) is 65.7 Å². The number of benzene rings is 1. The summed E-state index contributed by atoms with van der Waals surface area (Å²) < 4.78 is 12.1. The topological polar surface area (TPSA) is 55.6 Å². The molecule has 0 radical (unpaired) electrons. The molecule has 0 bridgehead atoms. The highest BCUT2D eigenvalue weighted by Gasteiger charge is 2.51. The van der Waals surface area contributed by atoms with Crippen LogP contribution >= 0.6 is 11.8 Å². The second-order valence-electron chi connectivity index (χ2n) is 7.70. The number of rotatable bonds is 4. The van der Waals surface area contributed by atoms with Crippen molar-refractivity contribution in [1.29, 1.82) is 0 Å². The summed E-state index contributed by atoms with van der Waals surface area (Å²) in [7, 11) is 0. The molecular formula is C22H22N2O3S. The van der Waals surface area contributed by atoms with Crippen molar-refractivity contribution >= 4 is 28.6 Å². The first kappa shape index (κ1) is 17.8. The number of hydrogen-bond donors (Lipinski definition) is 0. The number of ether oxygens (including phenoxy) is 1. The fraction of sp³-hybridized carbons (Fsp3) is 0.364. The first-order valence-corrected chi connectivity index (χ1v) is 10.5. The number of fused-ring (bicyclic) bond motifs is 1. The van der Waals surface area contributed by atoms with Crippen LogP contribution < -0.4 is 0 Å². The number of thioether (sulfide) groups is 1. The van der Waals surface area contributed by atoms with Gasteiger partial charge in [-0.1, -0.05) is 18.2 Å². The fourth-order valence-electron chi connectivity index (χ4n) is 4.14. The van der Waals surface area contributed by atoms with Gasteiger partial charge < -0.3 is 14.1 Å². The highest BCUT2D eigenvalue weighted by atomic mass is 32.2. The lowest BCUT2D eigenvalue weighted by molar-refractivity contribution is 0.0243. The standard InChI is InChI=1S/C22H22N2O3S/c1-15-18-4-2-3-5-19(18)27-20(15)21(25)24-13-22(14-24)10-17(12-28-22)26-11-16-6-8-23-9-7-16/h2-9,17H,10-14H2,1H3. The Labute approximate surface area is 168 Å². The molecule has 2 aliphatic rings. The average Bonchev–Trinajstić information content (AvgIpc) is 3.28. The molecule has 2 aromatic heterocycles. The summed E-state index contributed by atoms with van der Waals surface area (Å²) in [5.41, 5.74) is 2.85. The molecule has 6 heteroatoms. The monoisotopic (exact) mass is 394 g/mol. The van der Waals surface area contributed by atoms with Gasteiger partial charge in [0.2, 0.25) is 0 Å². The van der Waals surface area contributed by atoms with Crippen LogP contribution in [0.5, 0.6) is 0 Å². The number of likely N-dealkylation sites (tertiary alicyclic amines) is 1. The zero-order chi connectivity index (χ0) is 19.1. The second-order valence-corrected chi connectivity index (χ2v) is 9.19. The van der Waals surface area contributed by atoms with Crippen molar-refractivity contribution in [1.82, 2.24) is 9.88 Å². The van der Waals surface area contributed by atoms with Gasteiger partial charge in [0.1, 0.15) is 5.58 Å². The Hall–Kier alpha value is -2.31. The molecule has 5 nitrogen and oxygen atoms in total. The number of nitrogens with zero attached hydrogens (tertiary/aromatic N) is 2. The van der Waals surface area contributed by atoms with Gasteiger partial charge in [-0.25, -0.2) is 0 Å². The summed E-state index contributed by atoms with van der Waals surface area (Å²) in [4.78, 5) is 18.9. The molecule has 2 fully saturated rings. The summed E-state index contributed by atoms with van der Waals surface area (Å²) in [6.07, 6.45) is 4.81. The van der Waals surface area contributed by atoms with Gasteiger partial charge in [0, 0.05) is 42.2 Å². The summed E-state index contributed by atoms with van der Waals surface area (Å²) in [6.45, 7) is 4.11. The molecule has 0 aliphatic carbocycles. The van der Waals surface area contributed by atoms with Crippen molar-refractivity contribution in [3.63, 3.8) is 0 Å². The molecule has 2 saturated heterocycles. The molecule has 3 aromatic rings. The quantitative estimate of drug-likeness (QED) is 0.668. The van der Waals surface area contributed by atoms with E-state index in [9.17, 15) is 4.79 Å². The Bertz CT molecular complexity index is 1010. The van der Waals surface area contributed by atoms with Gasteiger partial charge in [-0.15, -0.1) is 11.8 Å². The van der Waals surface area contributed by atoms with Crippen LogP contribution in [0.3, 0.4) is 0 Å². The van der Waals surface area contributed by atoms with E-state index < -0.39 is 0 Å². The van der Waals surface area contributed by atoms with Crippen LogP contribution in [0.25, 0.3) is 11.0 Å². The lowest BCUT2D eigenvalue weighted by atomic mass is 9.92. The molecule has 1 spiro atoms. The van der Waals surface area contributed by atoms with E-state index in [-0.39, 0.29) is 16.8 Å². The Balaban J connectivity index is 1.20. The zero-order valence-corrected chi connectivity index (χ0v) is 16.6. The van der Waals surface area contributed by atoms with E-state index in [0.717, 1.165) is 47.4 Å². The number of aromatic nitrogens is 1. The molecule has 2 aliphatic heterocycles. The average molecular weight is 394 g/mol. The van der Waals surface area contributed by atoms with E-state index in [0.29, 0.717) is 12.4 Å². The van der Waals surface area contributed by atoms with Crippen molar-refractivity contribution < 1.29 is 13.9 Å². The Morgan fingerprint density at radius 2 is 2.07 bits per heavy atom. The third-order valence-corrected chi connectivity index (χ3v) is 7.27. The van der Waals surface area contributed by atoms with E-state index in [1.807, 2.05) is 60.0 Å². The number of hydrogen-bond acceptors (Lipinski definition) is 5.